The average molecular weight is 369 g/mol. The molecule has 0 unspecified atom stereocenters. The Hall–Kier alpha value is -2.28. The van der Waals surface area contributed by atoms with Crippen LogP contribution in [0.5, 0.6) is 0 Å². The second kappa shape index (κ2) is 7.95. The molecular weight excluding hydrogens is 346 g/mol. The number of amides is 1. The molecule has 3 heterocycles. The largest absolute Gasteiger partial charge is 0.356 e. The van der Waals surface area contributed by atoms with Crippen LogP contribution < -0.4 is 5.32 Å². The van der Waals surface area contributed by atoms with Gasteiger partial charge in [0.05, 0.1) is 15.2 Å². The minimum absolute atomic E-state index is 0.0693. The van der Waals surface area contributed by atoms with Gasteiger partial charge in [0.2, 0.25) is 5.91 Å². The van der Waals surface area contributed by atoms with Gasteiger partial charge in [-0.2, -0.15) is 0 Å². The van der Waals surface area contributed by atoms with E-state index in [4.69, 9.17) is 0 Å². The number of aromatic nitrogens is 4. The number of carbonyl (C=O) groups is 1. The molecule has 0 saturated carbocycles. The molecule has 1 N–H and O–H groups in total. The van der Waals surface area contributed by atoms with E-state index in [9.17, 15) is 4.79 Å². The summed E-state index contributed by atoms with van der Waals surface area (Å²) in [5.74, 6) is 2.16. The summed E-state index contributed by atoms with van der Waals surface area (Å²) < 4.78 is 3.41. The summed E-state index contributed by atoms with van der Waals surface area (Å²) in [4.78, 5) is 16.7. The van der Waals surface area contributed by atoms with Gasteiger partial charge in [-0.1, -0.05) is 18.6 Å². The SMILES string of the molecule is O=C(CCc1nc2ccccc2s1)NCCc1nnc2n1CCCCC2. The van der Waals surface area contributed by atoms with Crippen molar-refractivity contribution in [2.24, 2.45) is 0 Å². The highest BCUT2D eigenvalue weighted by molar-refractivity contribution is 7.18. The molecule has 0 aliphatic carbocycles. The fourth-order valence-electron chi connectivity index (χ4n) is 3.38. The van der Waals surface area contributed by atoms with Gasteiger partial charge in [0.25, 0.3) is 0 Å². The van der Waals surface area contributed by atoms with Crippen LogP contribution in [0.4, 0.5) is 0 Å². The highest BCUT2D eigenvalue weighted by Crippen LogP contribution is 2.22. The van der Waals surface area contributed by atoms with Crippen molar-refractivity contribution in [3.05, 3.63) is 40.9 Å². The van der Waals surface area contributed by atoms with Crippen LogP contribution in [-0.2, 0) is 30.6 Å². The van der Waals surface area contributed by atoms with Crippen molar-refractivity contribution in [1.82, 2.24) is 25.1 Å². The van der Waals surface area contributed by atoms with E-state index in [1.165, 1.54) is 24.0 Å². The summed E-state index contributed by atoms with van der Waals surface area (Å²) in [6.45, 7) is 1.61. The fraction of sp³-hybridized carbons (Fsp3) is 0.474. The first kappa shape index (κ1) is 17.1. The summed E-state index contributed by atoms with van der Waals surface area (Å²) in [6.07, 6.45) is 6.54. The van der Waals surface area contributed by atoms with Gasteiger partial charge in [-0.25, -0.2) is 4.98 Å². The lowest BCUT2D eigenvalue weighted by Gasteiger charge is -2.07. The van der Waals surface area contributed by atoms with Crippen LogP contribution in [-0.4, -0.2) is 32.2 Å². The summed E-state index contributed by atoms with van der Waals surface area (Å²) in [5.41, 5.74) is 1.01. The number of hydrogen-bond acceptors (Lipinski definition) is 5. The van der Waals surface area contributed by atoms with Crippen molar-refractivity contribution in [2.75, 3.05) is 6.54 Å². The summed E-state index contributed by atoms with van der Waals surface area (Å²) in [5, 5.41) is 12.6. The maximum Gasteiger partial charge on any atom is 0.220 e. The first-order valence-electron chi connectivity index (χ1n) is 9.32. The number of aryl methyl sites for hydroxylation is 2. The van der Waals surface area contributed by atoms with Crippen molar-refractivity contribution < 1.29 is 4.79 Å². The Morgan fingerprint density at radius 2 is 2.08 bits per heavy atom. The second-order valence-corrected chi connectivity index (χ2v) is 7.79. The molecule has 26 heavy (non-hydrogen) atoms. The molecule has 7 heteroatoms. The minimum atomic E-state index is 0.0693. The first-order chi connectivity index (χ1) is 12.8. The number of carbonyl (C=O) groups excluding carboxylic acids is 1. The van der Waals surface area contributed by atoms with E-state index in [1.807, 2.05) is 18.2 Å². The molecule has 0 radical (unpaired) electrons. The highest BCUT2D eigenvalue weighted by atomic mass is 32.1. The third-order valence-electron chi connectivity index (χ3n) is 4.76. The Balaban J connectivity index is 1.25. The molecule has 0 saturated heterocycles. The van der Waals surface area contributed by atoms with Gasteiger partial charge in [-0.05, 0) is 25.0 Å². The molecule has 0 spiro atoms. The van der Waals surface area contributed by atoms with Crippen LogP contribution in [0.2, 0.25) is 0 Å². The fourth-order valence-corrected chi connectivity index (χ4v) is 4.35. The van der Waals surface area contributed by atoms with Gasteiger partial charge in [0.1, 0.15) is 11.6 Å². The smallest absolute Gasteiger partial charge is 0.220 e. The Kier molecular flexibility index (Phi) is 5.24. The average Bonchev–Trinajstić information content (AvgIpc) is 3.16. The Labute approximate surface area is 156 Å². The quantitative estimate of drug-likeness (QED) is 0.725. The van der Waals surface area contributed by atoms with Gasteiger partial charge in [0.15, 0.2) is 0 Å². The molecule has 3 aromatic rings. The number of nitrogens with one attached hydrogen (secondary N) is 1. The van der Waals surface area contributed by atoms with Crippen molar-refractivity contribution in [2.45, 2.75) is 51.5 Å². The van der Waals surface area contributed by atoms with E-state index in [-0.39, 0.29) is 5.91 Å². The number of thiazole rings is 1. The first-order valence-corrected chi connectivity index (χ1v) is 10.1. The minimum Gasteiger partial charge on any atom is -0.356 e. The van der Waals surface area contributed by atoms with Crippen LogP contribution in [0.1, 0.15) is 42.3 Å². The molecule has 1 aliphatic rings. The third kappa shape index (κ3) is 3.93. The van der Waals surface area contributed by atoms with Gasteiger partial charge in [-0.3, -0.25) is 4.79 Å². The van der Waals surface area contributed by atoms with Crippen LogP contribution in [0.15, 0.2) is 24.3 Å². The van der Waals surface area contributed by atoms with E-state index in [2.05, 4.69) is 31.1 Å². The molecule has 4 rings (SSSR count). The monoisotopic (exact) mass is 369 g/mol. The zero-order chi connectivity index (χ0) is 17.8. The number of nitrogens with zero attached hydrogens (tertiary/aromatic N) is 4. The van der Waals surface area contributed by atoms with Gasteiger partial charge in [0, 0.05) is 38.8 Å². The van der Waals surface area contributed by atoms with Crippen molar-refractivity contribution in [1.29, 1.82) is 0 Å². The molecule has 2 aromatic heterocycles. The molecule has 136 valence electrons. The van der Waals surface area contributed by atoms with Crippen molar-refractivity contribution in [3.8, 4) is 0 Å². The van der Waals surface area contributed by atoms with Crippen LogP contribution in [0, 0.1) is 0 Å². The van der Waals surface area contributed by atoms with Gasteiger partial charge < -0.3 is 9.88 Å². The molecule has 1 aliphatic heterocycles. The summed E-state index contributed by atoms with van der Waals surface area (Å²) in [7, 11) is 0. The maximum atomic E-state index is 12.1. The lowest BCUT2D eigenvalue weighted by atomic mass is 10.2. The Morgan fingerprint density at radius 1 is 1.15 bits per heavy atom. The lowest BCUT2D eigenvalue weighted by Crippen LogP contribution is -2.26. The van der Waals surface area contributed by atoms with Crippen LogP contribution in [0.3, 0.4) is 0 Å². The van der Waals surface area contributed by atoms with E-state index in [1.54, 1.807) is 11.3 Å². The Morgan fingerprint density at radius 3 is 3.00 bits per heavy atom. The number of fused-ring (bicyclic) bond motifs is 2. The van der Waals surface area contributed by atoms with E-state index in [0.717, 1.165) is 41.6 Å². The number of benzene rings is 1. The Bertz CT molecular complexity index is 867. The summed E-state index contributed by atoms with van der Waals surface area (Å²) in [6, 6.07) is 8.08. The predicted octanol–water partition coefficient (Wildman–Crippen LogP) is 2.91. The van der Waals surface area contributed by atoms with Gasteiger partial charge >= 0.3 is 0 Å². The second-order valence-electron chi connectivity index (χ2n) is 6.67. The van der Waals surface area contributed by atoms with Gasteiger partial charge in [-0.15, -0.1) is 21.5 Å². The predicted molar refractivity (Wildman–Crippen MR) is 102 cm³/mol. The maximum absolute atomic E-state index is 12.1. The van der Waals surface area contributed by atoms with E-state index < -0.39 is 0 Å². The van der Waals surface area contributed by atoms with Crippen molar-refractivity contribution in [3.63, 3.8) is 0 Å². The highest BCUT2D eigenvalue weighted by Gasteiger charge is 2.14. The number of para-hydroxylation sites is 1. The molecule has 1 aromatic carbocycles. The topological polar surface area (TPSA) is 72.7 Å². The third-order valence-corrected chi connectivity index (χ3v) is 5.86. The lowest BCUT2D eigenvalue weighted by molar-refractivity contribution is -0.121. The molecule has 6 nitrogen and oxygen atoms in total. The standard InChI is InChI=1S/C19H23N5OS/c25-18(9-10-19-21-14-6-3-4-7-15(14)26-19)20-12-11-17-23-22-16-8-2-1-5-13-24(16)17/h3-4,6-7H,1-2,5,8-13H2,(H,20,25). The van der Waals surface area contributed by atoms with Crippen LogP contribution in [0.25, 0.3) is 10.2 Å². The molecular formula is C19H23N5OS. The number of hydrogen-bond donors (Lipinski definition) is 1. The molecule has 0 fully saturated rings. The normalized spacial score (nSPS) is 14.2. The molecule has 0 atom stereocenters. The molecule has 1 amide bonds. The van der Waals surface area contributed by atoms with E-state index >= 15 is 0 Å². The van der Waals surface area contributed by atoms with Crippen LogP contribution >= 0.6 is 11.3 Å². The van der Waals surface area contributed by atoms with E-state index in [0.29, 0.717) is 19.4 Å². The summed E-state index contributed by atoms with van der Waals surface area (Å²) >= 11 is 1.67. The zero-order valence-electron chi connectivity index (χ0n) is 14.8. The van der Waals surface area contributed by atoms with Crippen molar-refractivity contribution >= 4 is 27.5 Å². The zero-order valence-corrected chi connectivity index (χ0v) is 15.6. The molecule has 0 bridgehead atoms. The number of rotatable bonds is 6.